The van der Waals surface area contributed by atoms with Crippen molar-refractivity contribution in [3.05, 3.63) is 114 Å². The molecule has 4 aromatic carbocycles. The van der Waals surface area contributed by atoms with Crippen LogP contribution in [-0.4, -0.2) is 9.13 Å². The number of hydrogen-bond donors (Lipinski definition) is 0. The van der Waals surface area contributed by atoms with Gasteiger partial charge in [-0.15, -0.1) is 0 Å². The third-order valence-electron chi connectivity index (χ3n) is 8.88. The van der Waals surface area contributed by atoms with E-state index in [1.807, 2.05) is 0 Å². The van der Waals surface area contributed by atoms with Gasteiger partial charge in [0.25, 0.3) is 0 Å². The lowest BCUT2D eigenvalue weighted by atomic mass is 9.95. The number of allylic oxidation sites excluding steroid dienone is 2. The van der Waals surface area contributed by atoms with E-state index in [-0.39, 0.29) is 0 Å². The third kappa shape index (κ3) is 3.62. The number of aromatic nitrogens is 2. The van der Waals surface area contributed by atoms with Crippen LogP contribution in [0.1, 0.15) is 55.8 Å². The zero-order valence-electron chi connectivity index (χ0n) is 22.2. The Morgan fingerprint density at radius 1 is 0.564 bits per heavy atom. The van der Waals surface area contributed by atoms with Gasteiger partial charge in [-0.1, -0.05) is 98.2 Å². The van der Waals surface area contributed by atoms with Crippen molar-refractivity contribution in [1.29, 1.82) is 0 Å². The van der Waals surface area contributed by atoms with E-state index in [0.29, 0.717) is 6.04 Å². The molecule has 0 bridgehead atoms. The largest absolute Gasteiger partial charge is 0.337 e. The first kappa shape index (κ1) is 22.7. The highest BCUT2D eigenvalue weighted by atomic mass is 15.0. The average Bonchev–Trinajstić information content (AvgIpc) is 3.37. The van der Waals surface area contributed by atoms with E-state index in [1.165, 1.54) is 92.9 Å². The van der Waals surface area contributed by atoms with E-state index < -0.39 is 0 Å². The Morgan fingerprint density at radius 2 is 1.26 bits per heavy atom. The first-order chi connectivity index (χ1) is 19.4. The Bertz CT molecular complexity index is 1910. The number of fused-ring (bicyclic) bond motifs is 6. The number of hydrogen-bond acceptors (Lipinski definition) is 0. The van der Waals surface area contributed by atoms with Crippen LogP contribution in [0.3, 0.4) is 0 Å². The van der Waals surface area contributed by atoms with Crippen LogP contribution in [0.25, 0.3) is 61.7 Å². The maximum atomic E-state index is 2.66. The summed E-state index contributed by atoms with van der Waals surface area (Å²) in [5.74, 6) is 0. The zero-order valence-corrected chi connectivity index (χ0v) is 22.2. The van der Waals surface area contributed by atoms with Gasteiger partial charge in [0.15, 0.2) is 0 Å². The van der Waals surface area contributed by atoms with Gasteiger partial charge < -0.3 is 9.13 Å². The summed E-state index contributed by atoms with van der Waals surface area (Å²) < 4.78 is 5.09. The molecule has 2 aliphatic carbocycles. The first-order valence-corrected chi connectivity index (χ1v) is 14.5. The summed E-state index contributed by atoms with van der Waals surface area (Å²) in [4.78, 5) is 0. The molecule has 0 spiro atoms. The molecule has 2 aliphatic rings. The van der Waals surface area contributed by atoms with Gasteiger partial charge in [-0.2, -0.15) is 0 Å². The van der Waals surface area contributed by atoms with E-state index >= 15 is 0 Å². The summed E-state index contributed by atoms with van der Waals surface area (Å²) in [6, 6.07) is 34.5. The quantitative estimate of drug-likeness (QED) is 0.227. The summed E-state index contributed by atoms with van der Waals surface area (Å²) in [6.45, 7) is 0. The van der Waals surface area contributed by atoms with Crippen LogP contribution in [0.5, 0.6) is 0 Å². The predicted molar refractivity (Wildman–Crippen MR) is 167 cm³/mol. The van der Waals surface area contributed by atoms with Gasteiger partial charge in [-0.05, 0) is 66.8 Å². The van der Waals surface area contributed by atoms with Gasteiger partial charge in [-0.3, -0.25) is 0 Å². The smallest absolute Gasteiger partial charge is 0.0547 e. The molecule has 6 aromatic rings. The molecule has 0 radical (unpaired) electrons. The number of benzene rings is 4. The van der Waals surface area contributed by atoms with E-state index in [0.717, 1.165) is 6.42 Å². The molecule has 2 aromatic heterocycles. The fourth-order valence-corrected chi connectivity index (χ4v) is 7.06. The Morgan fingerprint density at radius 3 is 2.10 bits per heavy atom. The summed E-state index contributed by atoms with van der Waals surface area (Å²) in [5, 5.41) is 4.05. The minimum atomic E-state index is 0.587. The van der Waals surface area contributed by atoms with Gasteiger partial charge in [-0.25, -0.2) is 0 Å². The van der Waals surface area contributed by atoms with Crippen molar-refractivity contribution in [3.63, 3.8) is 0 Å². The highest BCUT2D eigenvalue weighted by molar-refractivity contribution is 6.09. The van der Waals surface area contributed by atoms with Gasteiger partial charge >= 0.3 is 0 Å². The first-order valence-electron chi connectivity index (χ1n) is 14.5. The monoisotopic (exact) mass is 504 g/mol. The van der Waals surface area contributed by atoms with Crippen molar-refractivity contribution in [2.75, 3.05) is 0 Å². The van der Waals surface area contributed by atoms with Gasteiger partial charge in [0.05, 0.1) is 11.2 Å². The molecule has 8 rings (SSSR count). The maximum Gasteiger partial charge on any atom is 0.0547 e. The summed E-state index contributed by atoms with van der Waals surface area (Å²) in [5.41, 5.74) is 10.3. The minimum absolute atomic E-state index is 0.587. The van der Waals surface area contributed by atoms with Crippen molar-refractivity contribution in [3.8, 4) is 16.8 Å². The molecule has 2 heteroatoms. The van der Waals surface area contributed by atoms with Crippen LogP contribution < -0.4 is 0 Å². The van der Waals surface area contributed by atoms with Gasteiger partial charge in [0, 0.05) is 44.5 Å². The topological polar surface area (TPSA) is 9.86 Å². The number of para-hydroxylation sites is 2. The van der Waals surface area contributed by atoms with Crippen molar-refractivity contribution in [2.45, 2.75) is 44.6 Å². The Balaban J connectivity index is 1.35. The fourth-order valence-electron chi connectivity index (χ4n) is 7.06. The highest BCUT2D eigenvalue weighted by Crippen LogP contribution is 2.40. The Hall–Kier alpha value is -4.30. The van der Waals surface area contributed by atoms with Crippen molar-refractivity contribution >= 4 is 44.9 Å². The SMILES string of the molecule is C1=Cc2c(n(-c3ccccc3)c3cc(-c4ccc5c6ccccc6n(C6CCCCC6)c5c4)ccc23)C=CC1. The van der Waals surface area contributed by atoms with Crippen LogP contribution in [0.4, 0.5) is 0 Å². The lowest BCUT2D eigenvalue weighted by Gasteiger charge is -2.25. The van der Waals surface area contributed by atoms with Gasteiger partial charge in [0.1, 0.15) is 0 Å². The van der Waals surface area contributed by atoms with E-state index in [1.54, 1.807) is 0 Å². The molecule has 0 N–H and O–H groups in total. The Labute approximate surface area is 229 Å². The fraction of sp³-hybridized carbons (Fsp3) is 0.189. The average molecular weight is 505 g/mol. The normalized spacial score (nSPS) is 15.8. The van der Waals surface area contributed by atoms with Gasteiger partial charge in [0.2, 0.25) is 0 Å². The zero-order chi connectivity index (χ0) is 25.8. The minimum Gasteiger partial charge on any atom is -0.337 e. The molecular weight excluding hydrogens is 472 g/mol. The molecule has 0 saturated heterocycles. The standard InChI is InChI=1S/C37H32N2/c1-4-12-28(13-5-1)38-34-18-9-3-8-16-30(34)32-22-20-26(24-36(32)38)27-21-23-33-31-17-10-11-19-35(31)39(37(33)25-27)29-14-6-2-7-15-29/h1,4-5,8-13,16-25,29H,2-3,6-7,14-15H2. The molecule has 0 unspecified atom stereocenters. The van der Waals surface area contributed by atoms with Crippen molar-refractivity contribution in [2.24, 2.45) is 0 Å². The van der Waals surface area contributed by atoms with E-state index in [4.69, 9.17) is 0 Å². The Kier molecular flexibility index (Phi) is 5.33. The second kappa shape index (κ2) is 9.17. The number of rotatable bonds is 3. The summed E-state index contributed by atoms with van der Waals surface area (Å²) in [7, 11) is 0. The van der Waals surface area contributed by atoms with Crippen LogP contribution >= 0.6 is 0 Å². The number of nitrogens with zero attached hydrogens (tertiary/aromatic N) is 2. The lowest BCUT2D eigenvalue weighted by molar-refractivity contribution is 0.367. The molecule has 0 amide bonds. The van der Waals surface area contributed by atoms with Crippen molar-refractivity contribution < 1.29 is 0 Å². The summed E-state index contributed by atoms with van der Waals surface area (Å²) >= 11 is 0. The van der Waals surface area contributed by atoms with E-state index in [9.17, 15) is 0 Å². The van der Waals surface area contributed by atoms with Crippen LogP contribution in [0.15, 0.2) is 103 Å². The maximum absolute atomic E-state index is 2.66. The molecular formula is C37H32N2. The molecule has 0 aliphatic heterocycles. The summed E-state index contributed by atoms with van der Waals surface area (Å²) in [6.07, 6.45) is 16.7. The molecule has 2 heterocycles. The second-order valence-corrected chi connectivity index (χ2v) is 11.2. The molecule has 1 fully saturated rings. The van der Waals surface area contributed by atoms with E-state index in [2.05, 4.69) is 124 Å². The molecule has 0 atom stereocenters. The molecule has 2 nitrogen and oxygen atoms in total. The second-order valence-electron chi connectivity index (χ2n) is 11.2. The molecule has 190 valence electrons. The van der Waals surface area contributed by atoms with Crippen LogP contribution in [-0.2, 0) is 0 Å². The van der Waals surface area contributed by atoms with Crippen LogP contribution in [0.2, 0.25) is 0 Å². The molecule has 1 saturated carbocycles. The molecule has 39 heavy (non-hydrogen) atoms. The highest BCUT2D eigenvalue weighted by Gasteiger charge is 2.21. The van der Waals surface area contributed by atoms with Crippen LogP contribution in [0, 0.1) is 0 Å². The van der Waals surface area contributed by atoms with Crippen molar-refractivity contribution in [1.82, 2.24) is 9.13 Å². The predicted octanol–water partition coefficient (Wildman–Crippen LogP) is 10.3. The lowest BCUT2D eigenvalue weighted by Crippen LogP contribution is -2.12. The third-order valence-corrected chi connectivity index (χ3v) is 8.88.